The van der Waals surface area contributed by atoms with Gasteiger partial charge >= 0.3 is 5.97 Å². The van der Waals surface area contributed by atoms with Gasteiger partial charge in [-0.05, 0) is 49.7 Å². The third kappa shape index (κ3) is 5.60. The van der Waals surface area contributed by atoms with Crippen LogP contribution in [0.15, 0.2) is 54.6 Å². The van der Waals surface area contributed by atoms with Crippen molar-refractivity contribution in [3.63, 3.8) is 0 Å². The minimum atomic E-state index is -0.198. The Balaban J connectivity index is 1.49. The molecule has 6 heteroatoms. The Hall–Kier alpha value is -2.79. The van der Waals surface area contributed by atoms with Crippen molar-refractivity contribution in [3.8, 4) is 11.5 Å². The van der Waals surface area contributed by atoms with Crippen molar-refractivity contribution < 1.29 is 19.0 Å². The molecule has 0 bridgehead atoms. The topological polar surface area (TPSA) is 57.7 Å². The van der Waals surface area contributed by atoms with Crippen LogP contribution in [0.1, 0.15) is 25.3 Å². The second kappa shape index (κ2) is 9.95. The average molecular weight is 400 g/mol. The Morgan fingerprint density at radius 3 is 2.50 bits per heavy atom. The van der Waals surface area contributed by atoms with Gasteiger partial charge in [0.05, 0.1) is 18.7 Å². The molecule has 3 aromatic rings. The molecule has 0 atom stereocenters. The molecular formula is C22H22ClNO4. The van der Waals surface area contributed by atoms with Crippen molar-refractivity contribution in [2.45, 2.75) is 26.4 Å². The number of rotatable bonds is 9. The van der Waals surface area contributed by atoms with Crippen molar-refractivity contribution in [1.82, 2.24) is 4.98 Å². The number of halogens is 1. The maximum Gasteiger partial charge on any atom is 0.305 e. The van der Waals surface area contributed by atoms with Crippen molar-refractivity contribution in [3.05, 3.63) is 65.3 Å². The molecule has 0 aliphatic heterocycles. The number of nitrogens with zero attached hydrogens (tertiary/aromatic N) is 1. The summed E-state index contributed by atoms with van der Waals surface area (Å²) >= 11 is 6.26. The normalized spacial score (nSPS) is 10.6. The molecule has 146 valence electrons. The molecule has 1 aromatic heterocycles. The number of carbonyl (C=O) groups excluding carboxylic acids is 1. The van der Waals surface area contributed by atoms with E-state index in [-0.39, 0.29) is 5.97 Å². The van der Waals surface area contributed by atoms with E-state index in [1.807, 2.05) is 54.6 Å². The van der Waals surface area contributed by atoms with Gasteiger partial charge in [0.2, 0.25) is 0 Å². The first kappa shape index (κ1) is 20.0. The Kier molecular flexibility index (Phi) is 7.09. The molecule has 5 nitrogen and oxygen atoms in total. The van der Waals surface area contributed by atoms with Crippen LogP contribution in [0.5, 0.6) is 11.5 Å². The van der Waals surface area contributed by atoms with Crippen LogP contribution >= 0.6 is 11.6 Å². The predicted molar refractivity (Wildman–Crippen MR) is 109 cm³/mol. The maximum atomic E-state index is 11.3. The molecule has 0 N–H and O–H groups in total. The number of ether oxygens (including phenoxy) is 3. The molecule has 1 heterocycles. The number of pyridine rings is 1. The molecule has 0 amide bonds. The molecular weight excluding hydrogens is 378 g/mol. The largest absolute Gasteiger partial charge is 0.494 e. The summed E-state index contributed by atoms with van der Waals surface area (Å²) in [4.78, 5) is 15.7. The lowest BCUT2D eigenvalue weighted by Crippen LogP contribution is -2.06. The number of hydrogen-bond donors (Lipinski definition) is 0. The SMILES string of the molecule is CCOC(=O)CCCOc1ccc(OCc2cc3ccccc3nc2Cl)cc1. The van der Waals surface area contributed by atoms with Gasteiger partial charge in [-0.3, -0.25) is 4.79 Å². The van der Waals surface area contributed by atoms with Crippen LogP contribution in [0.3, 0.4) is 0 Å². The van der Waals surface area contributed by atoms with E-state index in [1.54, 1.807) is 6.92 Å². The predicted octanol–water partition coefficient (Wildman–Crippen LogP) is 5.19. The van der Waals surface area contributed by atoms with Crippen LogP contribution in [0.4, 0.5) is 0 Å². The van der Waals surface area contributed by atoms with E-state index in [4.69, 9.17) is 25.8 Å². The highest BCUT2D eigenvalue weighted by Crippen LogP contribution is 2.23. The lowest BCUT2D eigenvalue weighted by atomic mass is 10.2. The highest BCUT2D eigenvalue weighted by atomic mass is 35.5. The van der Waals surface area contributed by atoms with Crippen molar-refractivity contribution in [1.29, 1.82) is 0 Å². The van der Waals surface area contributed by atoms with Gasteiger partial charge in [-0.25, -0.2) is 4.98 Å². The number of carbonyl (C=O) groups is 1. The summed E-state index contributed by atoms with van der Waals surface area (Å²) in [5, 5.41) is 1.47. The smallest absolute Gasteiger partial charge is 0.305 e. The summed E-state index contributed by atoms with van der Waals surface area (Å²) in [5.41, 5.74) is 1.69. The Labute approximate surface area is 169 Å². The van der Waals surface area contributed by atoms with Crippen molar-refractivity contribution >= 4 is 28.5 Å². The van der Waals surface area contributed by atoms with E-state index in [2.05, 4.69) is 4.98 Å². The summed E-state index contributed by atoms with van der Waals surface area (Å²) in [6.45, 7) is 2.98. The van der Waals surface area contributed by atoms with Crippen LogP contribution in [0.25, 0.3) is 10.9 Å². The van der Waals surface area contributed by atoms with Crippen LogP contribution < -0.4 is 9.47 Å². The quantitative estimate of drug-likeness (QED) is 0.281. The fraction of sp³-hybridized carbons (Fsp3) is 0.273. The number of esters is 1. The summed E-state index contributed by atoms with van der Waals surface area (Å²) in [7, 11) is 0. The molecule has 0 unspecified atom stereocenters. The Bertz CT molecular complexity index is 927. The first-order valence-electron chi connectivity index (χ1n) is 9.21. The zero-order chi connectivity index (χ0) is 19.8. The number of fused-ring (bicyclic) bond motifs is 1. The van der Waals surface area contributed by atoms with Gasteiger partial charge in [-0.1, -0.05) is 29.8 Å². The summed E-state index contributed by atoms with van der Waals surface area (Å²) in [6.07, 6.45) is 0.972. The molecule has 0 aliphatic carbocycles. The molecule has 0 radical (unpaired) electrons. The second-order valence-corrected chi connectivity index (χ2v) is 6.51. The van der Waals surface area contributed by atoms with E-state index >= 15 is 0 Å². The Morgan fingerprint density at radius 1 is 1.04 bits per heavy atom. The molecule has 3 rings (SSSR count). The molecule has 0 aliphatic rings. The first-order valence-corrected chi connectivity index (χ1v) is 9.59. The highest BCUT2D eigenvalue weighted by Gasteiger charge is 2.06. The van der Waals surface area contributed by atoms with Crippen molar-refractivity contribution in [2.75, 3.05) is 13.2 Å². The average Bonchev–Trinajstić information content (AvgIpc) is 2.71. The molecule has 0 spiro atoms. The van der Waals surface area contributed by atoms with Crippen molar-refractivity contribution in [2.24, 2.45) is 0 Å². The monoisotopic (exact) mass is 399 g/mol. The minimum Gasteiger partial charge on any atom is -0.494 e. The molecule has 0 saturated carbocycles. The van der Waals surface area contributed by atoms with Gasteiger partial charge in [0.25, 0.3) is 0 Å². The molecule has 28 heavy (non-hydrogen) atoms. The second-order valence-electron chi connectivity index (χ2n) is 6.15. The van der Waals surface area contributed by atoms with Gasteiger partial charge in [0, 0.05) is 17.4 Å². The number of aromatic nitrogens is 1. The fourth-order valence-corrected chi connectivity index (χ4v) is 2.87. The fourth-order valence-electron chi connectivity index (χ4n) is 2.67. The molecule has 0 saturated heterocycles. The summed E-state index contributed by atoms with van der Waals surface area (Å²) in [6, 6.07) is 17.2. The van der Waals surface area contributed by atoms with Gasteiger partial charge in [-0.2, -0.15) is 0 Å². The lowest BCUT2D eigenvalue weighted by molar-refractivity contribution is -0.143. The van der Waals surface area contributed by atoms with Gasteiger partial charge in [0.1, 0.15) is 23.3 Å². The Morgan fingerprint density at radius 2 is 1.75 bits per heavy atom. The first-order chi connectivity index (χ1) is 13.7. The lowest BCUT2D eigenvalue weighted by Gasteiger charge is -2.10. The zero-order valence-corrected chi connectivity index (χ0v) is 16.4. The molecule has 2 aromatic carbocycles. The van der Waals surface area contributed by atoms with E-state index in [0.29, 0.717) is 43.6 Å². The summed E-state index contributed by atoms with van der Waals surface area (Å²) in [5.74, 6) is 1.24. The maximum absolute atomic E-state index is 11.3. The third-order valence-electron chi connectivity index (χ3n) is 4.07. The zero-order valence-electron chi connectivity index (χ0n) is 15.7. The van der Waals surface area contributed by atoms with Crippen LogP contribution in [0, 0.1) is 0 Å². The number of benzene rings is 2. The standard InChI is InChI=1S/C22H22ClNO4/c1-2-26-21(25)8-5-13-27-18-9-11-19(12-10-18)28-15-17-14-16-6-3-4-7-20(16)24-22(17)23/h3-4,6-7,9-12,14H,2,5,8,13,15H2,1H3. The van der Waals surface area contributed by atoms with E-state index in [9.17, 15) is 4.79 Å². The van der Waals surface area contributed by atoms with Gasteiger partial charge in [-0.15, -0.1) is 0 Å². The van der Waals surface area contributed by atoms with E-state index in [1.165, 1.54) is 0 Å². The van der Waals surface area contributed by atoms with Crippen LogP contribution in [-0.2, 0) is 16.1 Å². The van der Waals surface area contributed by atoms with Crippen LogP contribution in [0.2, 0.25) is 5.15 Å². The number of para-hydroxylation sites is 1. The highest BCUT2D eigenvalue weighted by molar-refractivity contribution is 6.30. The number of hydrogen-bond acceptors (Lipinski definition) is 5. The van der Waals surface area contributed by atoms with E-state index < -0.39 is 0 Å². The molecule has 0 fully saturated rings. The summed E-state index contributed by atoms with van der Waals surface area (Å²) < 4.78 is 16.3. The minimum absolute atomic E-state index is 0.198. The van der Waals surface area contributed by atoms with E-state index in [0.717, 1.165) is 22.2 Å². The van der Waals surface area contributed by atoms with Gasteiger partial charge < -0.3 is 14.2 Å². The van der Waals surface area contributed by atoms with Crippen LogP contribution in [-0.4, -0.2) is 24.2 Å². The van der Waals surface area contributed by atoms with Gasteiger partial charge in [0.15, 0.2) is 0 Å². The third-order valence-corrected chi connectivity index (χ3v) is 4.39.